The number of aromatic nitrogens is 1. The van der Waals surface area contributed by atoms with Crippen LogP contribution in [-0.2, 0) is 25.7 Å². The second-order valence-electron chi connectivity index (χ2n) is 13.0. The van der Waals surface area contributed by atoms with Crippen molar-refractivity contribution < 1.29 is 29.0 Å². The van der Waals surface area contributed by atoms with Crippen LogP contribution in [-0.4, -0.2) is 75.7 Å². The number of carbonyl (C=O) groups is 4. The number of nitrogens with one attached hydrogen (secondary N) is 3. The van der Waals surface area contributed by atoms with E-state index in [1.807, 2.05) is 57.5 Å². The Hall–Kier alpha value is -3.51. The number of thiazole rings is 1. The molecule has 0 unspecified atom stereocenters. The zero-order valence-corrected chi connectivity index (χ0v) is 27.0. The second-order valence-corrected chi connectivity index (χ2v) is 13.8. The average molecular weight is 616 g/mol. The molecular formula is C31H45N5O6S. The summed E-state index contributed by atoms with van der Waals surface area (Å²) >= 11 is 1.57. The van der Waals surface area contributed by atoms with E-state index in [1.165, 1.54) is 4.90 Å². The van der Waals surface area contributed by atoms with Gasteiger partial charge in [0.25, 0.3) is 0 Å². The topological polar surface area (TPSA) is 150 Å². The normalized spacial score (nSPS) is 17.7. The molecule has 4 amide bonds. The van der Waals surface area contributed by atoms with Crippen LogP contribution in [0.4, 0.5) is 4.79 Å². The van der Waals surface area contributed by atoms with Crippen molar-refractivity contribution in [3.05, 3.63) is 41.0 Å². The van der Waals surface area contributed by atoms with Crippen LogP contribution < -0.4 is 16.0 Å². The largest absolute Gasteiger partial charge is 0.444 e. The number of carbonyl (C=O) groups excluding carboxylic acids is 4. The summed E-state index contributed by atoms with van der Waals surface area (Å²) < 4.78 is 5.19. The number of rotatable bonds is 10. The van der Waals surface area contributed by atoms with Gasteiger partial charge in [0.15, 0.2) is 0 Å². The summed E-state index contributed by atoms with van der Waals surface area (Å²) in [7, 11) is 0. The van der Waals surface area contributed by atoms with Gasteiger partial charge >= 0.3 is 6.09 Å². The third kappa shape index (κ3) is 10.0. The second kappa shape index (κ2) is 14.3. The van der Waals surface area contributed by atoms with Crippen molar-refractivity contribution in [2.45, 2.75) is 98.1 Å². The Balaban J connectivity index is 1.57. The number of hydrogen-bond acceptors (Lipinski definition) is 8. The van der Waals surface area contributed by atoms with Crippen molar-refractivity contribution in [3.63, 3.8) is 0 Å². The molecule has 3 rings (SSSR count). The lowest BCUT2D eigenvalue weighted by atomic mass is 9.85. The number of nitrogens with zero attached hydrogens (tertiary/aromatic N) is 2. The van der Waals surface area contributed by atoms with Gasteiger partial charge < -0.3 is 30.7 Å². The maximum absolute atomic E-state index is 13.7. The summed E-state index contributed by atoms with van der Waals surface area (Å²) in [5.41, 5.74) is 3.46. The lowest BCUT2D eigenvalue weighted by Gasteiger charge is -2.35. The Morgan fingerprint density at radius 3 is 2.35 bits per heavy atom. The molecule has 43 heavy (non-hydrogen) atoms. The van der Waals surface area contributed by atoms with Crippen LogP contribution in [0.15, 0.2) is 29.8 Å². The van der Waals surface area contributed by atoms with Crippen LogP contribution in [0.2, 0.25) is 0 Å². The molecule has 0 bridgehead atoms. The summed E-state index contributed by atoms with van der Waals surface area (Å²) in [6.45, 7) is 13.3. The molecule has 1 aliphatic heterocycles. The monoisotopic (exact) mass is 615 g/mol. The summed E-state index contributed by atoms with van der Waals surface area (Å²) in [5, 5.41) is 18.7. The molecular weight excluding hydrogens is 570 g/mol. The molecule has 4 N–H and O–H groups in total. The first-order valence-electron chi connectivity index (χ1n) is 14.6. The highest BCUT2D eigenvalue weighted by atomic mass is 32.1. The Labute approximate surface area is 257 Å². The van der Waals surface area contributed by atoms with Gasteiger partial charge in [-0.25, -0.2) is 9.78 Å². The first-order chi connectivity index (χ1) is 20.0. The number of alkyl carbamates (subject to hydrolysis) is 1. The van der Waals surface area contributed by atoms with Gasteiger partial charge in [-0.05, 0) is 50.7 Å². The smallest absolute Gasteiger partial charge is 0.407 e. The fourth-order valence-corrected chi connectivity index (χ4v) is 5.58. The molecule has 2 heterocycles. The van der Waals surface area contributed by atoms with Crippen LogP contribution in [0, 0.1) is 12.3 Å². The number of ether oxygens (including phenoxy) is 1. The van der Waals surface area contributed by atoms with Crippen LogP contribution in [0.5, 0.6) is 0 Å². The Morgan fingerprint density at radius 2 is 1.77 bits per heavy atom. The van der Waals surface area contributed by atoms with Crippen molar-refractivity contribution in [1.82, 2.24) is 25.8 Å². The number of aliphatic hydroxyl groups is 1. The van der Waals surface area contributed by atoms with Gasteiger partial charge in [-0.3, -0.25) is 14.4 Å². The molecule has 0 aliphatic carbocycles. The van der Waals surface area contributed by atoms with E-state index in [-0.39, 0.29) is 44.3 Å². The van der Waals surface area contributed by atoms with E-state index in [0.717, 1.165) is 21.7 Å². The first kappa shape index (κ1) is 34.0. The SMILES string of the molecule is Cc1ncsc1-c1ccc(CNC(=O)[C@@H]2C[C@@H](O)CN2C(=O)[C@@H](NC(=O)CCCNC(=O)OC(C)(C)C)C(C)(C)C)cc1. The standard InChI is InChI=1S/C31H45N5O6S/c1-19-25(43-18-34-19)21-12-10-20(11-13-21)16-33-27(39)23-15-22(37)17-36(23)28(40)26(30(2,3)4)35-24(38)9-8-14-32-29(41)42-31(5,6)7/h10-13,18,22-23,26,37H,8-9,14-17H2,1-7H3,(H,32,41)(H,33,39)(H,35,38)/t22-,23+,26-/m1/s1. The van der Waals surface area contributed by atoms with Gasteiger partial charge in [-0.1, -0.05) is 45.0 Å². The number of benzene rings is 1. The number of amides is 4. The van der Waals surface area contributed by atoms with Crippen molar-refractivity contribution >= 4 is 35.2 Å². The number of likely N-dealkylation sites (tertiary alicyclic amines) is 1. The predicted molar refractivity (Wildman–Crippen MR) is 165 cm³/mol. The minimum Gasteiger partial charge on any atom is -0.444 e. The van der Waals surface area contributed by atoms with Gasteiger partial charge in [-0.15, -0.1) is 11.3 Å². The predicted octanol–water partition coefficient (Wildman–Crippen LogP) is 3.53. The lowest BCUT2D eigenvalue weighted by Crippen LogP contribution is -2.57. The van der Waals surface area contributed by atoms with Crippen LogP contribution in [0.3, 0.4) is 0 Å². The molecule has 236 valence electrons. The fraction of sp³-hybridized carbons (Fsp3) is 0.581. The highest BCUT2D eigenvalue weighted by Crippen LogP contribution is 2.28. The van der Waals surface area contributed by atoms with Crippen molar-refractivity contribution in [2.75, 3.05) is 13.1 Å². The van der Waals surface area contributed by atoms with Crippen LogP contribution in [0.1, 0.15) is 72.1 Å². The summed E-state index contributed by atoms with van der Waals surface area (Å²) in [5.74, 6) is -1.13. The van der Waals surface area contributed by atoms with E-state index in [2.05, 4.69) is 20.9 Å². The molecule has 3 atom stereocenters. The van der Waals surface area contributed by atoms with E-state index in [0.29, 0.717) is 6.42 Å². The molecule has 0 spiro atoms. The van der Waals surface area contributed by atoms with E-state index < -0.39 is 41.2 Å². The number of aryl methyl sites for hydroxylation is 1. The molecule has 1 aromatic heterocycles. The van der Waals surface area contributed by atoms with Gasteiger partial charge in [0.05, 0.1) is 22.2 Å². The number of β-amino-alcohol motifs (C(OH)–C–C–N with tert-alkyl or cyclic N) is 1. The summed E-state index contributed by atoms with van der Waals surface area (Å²) in [6, 6.07) is 6.08. The van der Waals surface area contributed by atoms with Gasteiger partial charge in [0, 0.05) is 32.5 Å². The first-order valence-corrected chi connectivity index (χ1v) is 15.4. The summed E-state index contributed by atoms with van der Waals surface area (Å²) in [6.07, 6.45) is -0.854. The maximum Gasteiger partial charge on any atom is 0.407 e. The maximum atomic E-state index is 13.7. The van der Waals surface area contributed by atoms with Crippen LogP contribution in [0.25, 0.3) is 10.4 Å². The van der Waals surface area contributed by atoms with E-state index >= 15 is 0 Å². The third-order valence-electron chi connectivity index (χ3n) is 6.96. The zero-order valence-electron chi connectivity index (χ0n) is 26.2. The minimum absolute atomic E-state index is 0.00206. The van der Waals surface area contributed by atoms with Crippen LogP contribution >= 0.6 is 11.3 Å². The molecule has 0 radical (unpaired) electrons. The molecule has 2 aromatic rings. The summed E-state index contributed by atoms with van der Waals surface area (Å²) in [4.78, 5) is 58.3. The van der Waals surface area contributed by atoms with E-state index in [9.17, 15) is 24.3 Å². The Morgan fingerprint density at radius 1 is 1.09 bits per heavy atom. The fourth-order valence-electron chi connectivity index (χ4n) is 4.77. The minimum atomic E-state index is -0.915. The zero-order chi connectivity index (χ0) is 31.9. The Bertz CT molecular complexity index is 1280. The van der Waals surface area contributed by atoms with Gasteiger partial charge in [-0.2, -0.15) is 0 Å². The third-order valence-corrected chi connectivity index (χ3v) is 7.94. The Kier molecular flexibility index (Phi) is 11.3. The molecule has 1 saturated heterocycles. The molecule has 1 aliphatic rings. The average Bonchev–Trinajstić information content (AvgIpc) is 3.52. The van der Waals surface area contributed by atoms with Gasteiger partial charge in [0.2, 0.25) is 17.7 Å². The highest BCUT2D eigenvalue weighted by molar-refractivity contribution is 7.13. The number of hydrogen-bond donors (Lipinski definition) is 4. The highest BCUT2D eigenvalue weighted by Gasteiger charge is 2.44. The van der Waals surface area contributed by atoms with Crippen molar-refractivity contribution in [3.8, 4) is 10.4 Å². The molecule has 1 aromatic carbocycles. The van der Waals surface area contributed by atoms with E-state index in [1.54, 1.807) is 32.1 Å². The molecule has 11 nitrogen and oxygen atoms in total. The van der Waals surface area contributed by atoms with E-state index in [4.69, 9.17) is 4.74 Å². The lowest BCUT2D eigenvalue weighted by molar-refractivity contribution is -0.144. The van der Waals surface area contributed by atoms with Crippen molar-refractivity contribution in [2.24, 2.45) is 5.41 Å². The molecule has 12 heteroatoms. The quantitative estimate of drug-likeness (QED) is 0.299. The van der Waals surface area contributed by atoms with Gasteiger partial charge in [0.1, 0.15) is 17.7 Å². The molecule has 0 saturated carbocycles. The molecule has 1 fully saturated rings. The van der Waals surface area contributed by atoms with Crippen molar-refractivity contribution in [1.29, 1.82) is 0 Å². The number of aliphatic hydroxyl groups excluding tert-OH is 1.